The molecule has 1 aromatic heterocycles. The monoisotopic (exact) mass is 255 g/mol. The summed E-state index contributed by atoms with van der Waals surface area (Å²) >= 11 is 0. The van der Waals surface area contributed by atoms with Gasteiger partial charge in [-0.25, -0.2) is 0 Å². The molecule has 3 heteroatoms. The van der Waals surface area contributed by atoms with Gasteiger partial charge < -0.3 is 5.32 Å². The van der Waals surface area contributed by atoms with Gasteiger partial charge in [-0.15, -0.1) is 0 Å². The lowest BCUT2D eigenvalue weighted by molar-refractivity contribution is 0.678. The predicted octanol–water partition coefficient (Wildman–Crippen LogP) is 2.53. The van der Waals surface area contributed by atoms with E-state index < -0.39 is 0 Å². The normalized spacial score (nSPS) is 14.8. The van der Waals surface area contributed by atoms with Gasteiger partial charge in [0, 0.05) is 12.2 Å². The molecule has 1 aromatic carbocycles. The van der Waals surface area contributed by atoms with Crippen molar-refractivity contribution in [3.8, 4) is 0 Å². The fourth-order valence-electron chi connectivity index (χ4n) is 2.26. The molecule has 100 valence electrons. The van der Waals surface area contributed by atoms with Crippen LogP contribution >= 0.6 is 0 Å². The maximum atomic E-state index is 4.32. The largest absolute Gasteiger partial charge is 0.314 e. The average Bonchev–Trinajstić information content (AvgIpc) is 3.14. The van der Waals surface area contributed by atoms with Crippen LogP contribution in [0.5, 0.6) is 0 Å². The molecule has 0 amide bonds. The highest BCUT2D eigenvalue weighted by atomic mass is 15.3. The molecule has 1 aliphatic carbocycles. The molecule has 0 atom stereocenters. The SMILES string of the molecule is Cc1cnn(Cc2ccc(CCNC3CC3)cc2)c1. The van der Waals surface area contributed by atoms with E-state index >= 15 is 0 Å². The van der Waals surface area contributed by atoms with Crippen molar-refractivity contribution in [3.63, 3.8) is 0 Å². The van der Waals surface area contributed by atoms with E-state index in [4.69, 9.17) is 0 Å². The highest BCUT2D eigenvalue weighted by Crippen LogP contribution is 2.18. The summed E-state index contributed by atoms with van der Waals surface area (Å²) in [6, 6.07) is 9.70. The number of aromatic nitrogens is 2. The maximum absolute atomic E-state index is 4.32. The van der Waals surface area contributed by atoms with Crippen molar-refractivity contribution in [2.45, 2.75) is 38.8 Å². The number of nitrogens with zero attached hydrogens (tertiary/aromatic N) is 2. The van der Waals surface area contributed by atoms with Gasteiger partial charge in [0.2, 0.25) is 0 Å². The van der Waals surface area contributed by atoms with Gasteiger partial charge in [-0.2, -0.15) is 5.10 Å². The van der Waals surface area contributed by atoms with E-state index in [0.29, 0.717) is 0 Å². The fraction of sp³-hybridized carbons (Fsp3) is 0.438. The van der Waals surface area contributed by atoms with E-state index in [0.717, 1.165) is 25.6 Å². The Morgan fingerprint density at radius 2 is 1.95 bits per heavy atom. The third kappa shape index (κ3) is 3.67. The second kappa shape index (κ2) is 5.57. The number of rotatable bonds is 6. The lowest BCUT2D eigenvalue weighted by Crippen LogP contribution is -2.19. The molecule has 2 aromatic rings. The van der Waals surface area contributed by atoms with E-state index in [2.05, 4.69) is 47.8 Å². The van der Waals surface area contributed by atoms with Crippen LogP contribution in [0.4, 0.5) is 0 Å². The second-order valence-corrected chi connectivity index (χ2v) is 5.51. The number of nitrogens with one attached hydrogen (secondary N) is 1. The number of hydrogen-bond donors (Lipinski definition) is 1. The summed E-state index contributed by atoms with van der Waals surface area (Å²) in [5.74, 6) is 0. The molecular weight excluding hydrogens is 234 g/mol. The Morgan fingerprint density at radius 3 is 2.58 bits per heavy atom. The number of benzene rings is 1. The molecule has 1 fully saturated rings. The van der Waals surface area contributed by atoms with Crippen LogP contribution in [0.25, 0.3) is 0 Å². The molecule has 1 saturated carbocycles. The van der Waals surface area contributed by atoms with E-state index in [9.17, 15) is 0 Å². The maximum Gasteiger partial charge on any atom is 0.0659 e. The van der Waals surface area contributed by atoms with Crippen LogP contribution < -0.4 is 5.32 Å². The summed E-state index contributed by atoms with van der Waals surface area (Å²) < 4.78 is 1.99. The Morgan fingerprint density at radius 1 is 1.21 bits per heavy atom. The third-order valence-electron chi connectivity index (χ3n) is 3.55. The number of aryl methyl sites for hydroxylation is 1. The van der Waals surface area contributed by atoms with Gasteiger partial charge in [0.1, 0.15) is 0 Å². The van der Waals surface area contributed by atoms with Crippen molar-refractivity contribution < 1.29 is 0 Å². The molecule has 19 heavy (non-hydrogen) atoms. The van der Waals surface area contributed by atoms with Crippen molar-refractivity contribution in [1.82, 2.24) is 15.1 Å². The Kier molecular flexibility index (Phi) is 3.65. The molecule has 0 radical (unpaired) electrons. The van der Waals surface area contributed by atoms with E-state index in [1.54, 1.807) is 0 Å². The predicted molar refractivity (Wildman–Crippen MR) is 77.2 cm³/mol. The summed E-state index contributed by atoms with van der Waals surface area (Å²) in [5.41, 5.74) is 3.93. The summed E-state index contributed by atoms with van der Waals surface area (Å²) in [5, 5.41) is 7.86. The molecule has 0 saturated heterocycles. The zero-order valence-corrected chi connectivity index (χ0v) is 11.5. The van der Waals surface area contributed by atoms with Crippen LogP contribution in [0.2, 0.25) is 0 Å². The molecule has 3 nitrogen and oxygen atoms in total. The lowest BCUT2D eigenvalue weighted by Gasteiger charge is -2.05. The van der Waals surface area contributed by atoms with Crippen LogP contribution in [-0.2, 0) is 13.0 Å². The fourth-order valence-corrected chi connectivity index (χ4v) is 2.26. The zero-order chi connectivity index (χ0) is 13.1. The van der Waals surface area contributed by atoms with Crippen LogP contribution in [-0.4, -0.2) is 22.4 Å². The third-order valence-corrected chi connectivity index (χ3v) is 3.55. The van der Waals surface area contributed by atoms with Crippen molar-refractivity contribution in [3.05, 3.63) is 53.3 Å². The molecule has 3 rings (SSSR count). The molecule has 0 bridgehead atoms. The van der Waals surface area contributed by atoms with Gasteiger partial charge in [-0.3, -0.25) is 4.68 Å². The van der Waals surface area contributed by atoms with Gasteiger partial charge in [0.05, 0.1) is 12.7 Å². The van der Waals surface area contributed by atoms with E-state index in [-0.39, 0.29) is 0 Å². The summed E-state index contributed by atoms with van der Waals surface area (Å²) in [7, 11) is 0. The van der Waals surface area contributed by atoms with Gasteiger partial charge in [0.25, 0.3) is 0 Å². The van der Waals surface area contributed by atoms with Crippen LogP contribution in [0, 0.1) is 6.92 Å². The summed E-state index contributed by atoms with van der Waals surface area (Å²) in [6.07, 6.45) is 7.83. The van der Waals surface area contributed by atoms with Crippen LogP contribution in [0.1, 0.15) is 29.5 Å². The van der Waals surface area contributed by atoms with Crippen molar-refractivity contribution in [2.75, 3.05) is 6.54 Å². The Bertz CT molecular complexity index is 523. The first-order valence-electron chi connectivity index (χ1n) is 7.10. The van der Waals surface area contributed by atoms with Gasteiger partial charge >= 0.3 is 0 Å². The Hall–Kier alpha value is -1.61. The Balaban J connectivity index is 1.52. The first-order chi connectivity index (χ1) is 9.29. The minimum atomic E-state index is 0.808. The van der Waals surface area contributed by atoms with Crippen LogP contribution in [0.3, 0.4) is 0 Å². The topological polar surface area (TPSA) is 29.9 Å². The standard InChI is InChI=1S/C16H21N3/c1-13-10-18-19(11-13)12-15-4-2-14(3-5-15)8-9-17-16-6-7-16/h2-5,10-11,16-17H,6-9,12H2,1H3. The van der Waals surface area contributed by atoms with Gasteiger partial charge in [-0.1, -0.05) is 24.3 Å². The van der Waals surface area contributed by atoms with Gasteiger partial charge in [-0.05, 0) is 49.4 Å². The molecule has 0 aliphatic heterocycles. The minimum Gasteiger partial charge on any atom is -0.314 e. The van der Waals surface area contributed by atoms with Crippen molar-refractivity contribution >= 4 is 0 Å². The molecule has 1 heterocycles. The average molecular weight is 255 g/mol. The zero-order valence-electron chi connectivity index (χ0n) is 11.5. The van der Waals surface area contributed by atoms with Crippen LogP contribution in [0.15, 0.2) is 36.7 Å². The summed E-state index contributed by atoms with van der Waals surface area (Å²) in [6.45, 7) is 4.02. The molecule has 0 unspecified atom stereocenters. The smallest absolute Gasteiger partial charge is 0.0659 e. The Labute approximate surface area is 114 Å². The highest BCUT2D eigenvalue weighted by molar-refractivity contribution is 5.23. The van der Waals surface area contributed by atoms with Crippen molar-refractivity contribution in [2.24, 2.45) is 0 Å². The molecular formula is C16H21N3. The second-order valence-electron chi connectivity index (χ2n) is 5.51. The molecule has 0 spiro atoms. The highest BCUT2D eigenvalue weighted by Gasteiger charge is 2.19. The number of hydrogen-bond acceptors (Lipinski definition) is 2. The lowest BCUT2D eigenvalue weighted by atomic mass is 10.1. The van der Waals surface area contributed by atoms with Crippen molar-refractivity contribution in [1.29, 1.82) is 0 Å². The van der Waals surface area contributed by atoms with Gasteiger partial charge in [0.15, 0.2) is 0 Å². The first kappa shape index (κ1) is 12.4. The molecule has 1 N–H and O–H groups in total. The van der Waals surface area contributed by atoms with E-state index in [1.807, 2.05) is 10.9 Å². The van der Waals surface area contributed by atoms with E-state index in [1.165, 1.54) is 29.5 Å². The quantitative estimate of drug-likeness (QED) is 0.859. The summed E-state index contributed by atoms with van der Waals surface area (Å²) in [4.78, 5) is 0. The molecule has 1 aliphatic rings. The first-order valence-corrected chi connectivity index (χ1v) is 7.10. The minimum absolute atomic E-state index is 0.808.